The van der Waals surface area contributed by atoms with Crippen LogP contribution in [0.1, 0.15) is 20.3 Å². The molecular formula is C20H21N3O2. The van der Waals surface area contributed by atoms with Gasteiger partial charge in [0.1, 0.15) is 0 Å². The number of rotatable bonds is 5. The van der Waals surface area contributed by atoms with E-state index in [2.05, 4.69) is 10.3 Å². The van der Waals surface area contributed by atoms with E-state index in [4.69, 9.17) is 0 Å². The van der Waals surface area contributed by atoms with Gasteiger partial charge in [-0.05, 0) is 24.6 Å². The van der Waals surface area contributed by atoms with Crippen LogP contribution in [-0.4, -0.2) is 15.5 Å². The number of anilines is 1. The van der Waals surface area contributed by atoms with Gasteiger partial charge in [0, 0.05) is 35.8 Å². The molecule has 2 aromatic heterocycles. The van der Waals surface area contributed by atoms with Gasteiger partial charge in [0.05, 0.1) is 11.2 Å². The van der Waals surface area contributed by atoms with E-state index in [1.54, 1.807) is 23.0 Å². The van der Waals surface area contributed by atoms with Crippen LogP contribution in [0, 0.1) is 5.41 Å². The van der Waals surface area contributed by atoms with Crippen molar-refractivity contribution in [2.75, 3.05) is 5.32 Å². The van der Waals surface area contributed by atoms with Crippen molar-refractivity contribution in [3.63, 3.8) is 0 Å². The van der Waals surface area contributed by atoms with E-state index >= 15 is 0 Å². The SMILES string of the molecule is CC(C)(CCn1ccccc1=O)C(=O)Nc1cccc2cccnc12. The van der Waals surface area contributed by atoms with Crippen LogP contribution in [0.25, 0.3) is 10.9 Å². The molecule has 0 unspecified atom stereocenters. The Morgan fingerprint density at radius 1 is 1.12 bits per heavy atom. The number of fused-ring (bicyclic) bond motifs is 1. The van der Waals surface area contributed by atoms with E-state index in [1.165, 1.54) is 6.07 Å². The maximum atomic E-state index is 12.8. The van der Waals surface area contributed by atoms with E-state index in [1.807, 2.05) is 50.2 Å². The molecule has 0 aliphatic carbocycles. The van der Waals surface area contributed by atoms with Crippen LogP contribution >= 0.6 is 0 Å². The fourth-order valence-corrected chi connectivity index (χ4v) is 2.66. The standard InChI is InChI=1S/C20H21N3O2/c1-20(2,11-14-23-13-4-3-10-17(23)24)19(25)22-16-9-5-7-15-8-6-12-21-18(15)16/h3-10,12-13H,11,14H2,1-2H3,(H,22,25). The Labute approximate surface area is 146 Å². The molecule has 0 aliphatic heterocycles. The lowest BCUT2D eigenvalue weighted by Gasteiger charge is -2.24. The van der Waals surface area contributed by atoms with Gasteiger partial charge < -0.3 is 9.88 Å². The van der Waals surface area contributed by atoms with Gasteiger partial charge in [0.15, 0.2) is 0 Å². The molecule has 0 aliphatic rings. The number of aromatic nitrogens is 2. The molecule has 1 aromatic carbocycles. The smallest absolute Gasteiger partial charge is 0.250 e. The topological polar surface area (TPSA) is 64.0 Å². The van der Waals surface area contributed by atoms with Gasteiger partial charge >= 0.3 is 0 Å². The molecule has 0 radical (unpaired) electrons. The number of hydrogen-bond donors (Lipinski definition) is 1. The minimum atomic E-state index is -0.619. The highest BCUT2D eigenvalue weighted by Gasteiger charge is 2.28. The average molecular weight is 335 g/mol. The summed E-state index contributed by atoms with van der Waals surface area (Å²) in [6.45, 7) is 4.26. The summed E-state index contributed by atoms with van der Waals surface area (Å²) >= 11 is 0. The summed E-state index contributed by atoms with van der Waals surface area (Å²) in [5.74, 6) is -0.0883. The zero-order chi connectivity index (χ0) is 17.9. The largest absolute Gasteiger partial charge is 0.324 e. The molecule has 0 fully saturated rings. The molecular weight excluding hydrogens is 314 g/mol. The van der Waals surface area contributed by atoms with Crippen LogP contribution in [0.15, 0.2) is 65.7 Å². The highest BCUT2D eigenvalue weighted by atomic mass is 16.2. The third kappa shape index (κ3) is 3.76. The zero-order valence-electron chi connectivity index (χ0n) is 14.4. The first-order chi connectivity index (χ1) is 12.0. The van der Waals surface area contributed by atoms with E-state index in [-0.39, 0.29) is 11.5 Å². The van der Waals surface area contributed by atoms with Gasteiger partial charge in [-0.2, -0.15) is 0 Å². The number of benzene rings is 1. The molecule has 0 bridgehead atoms. The highest BCUT2D eigenvalue weighted by molar-refractivity contribution is 6.02. The summed E-state index contributed by atoms with van der Waals surface area (Å²) in [6, 6.07) is 14.6. The van der Waals surface area contributed by atoms with E-state index in [0.29, 0.717) is 18.7 Å². The quantitative estimate of drug-likeness (QED) is 0.777. The molecule has 0 atom stereocenters. The highest BCUT2D eigenvalue weighted by Crippen LogP contribution is 2.26. The monoisotopic (exact) mass is 335 g/mol. The first kappa shape index (κ1) is 16.9. The number of carbonyl (C=O) groups excluding carboxylic acids is 1. The number of amides is 1. The van der Waals surface area contributed by atoms with Crippen molar-refractivity contribution in [2.24, 2.45) is 5.41 Å². The summed E-state index contributed by atoms with van der Waals surface area (Å²) in [6.07, 6.45) is 4.01. The summed E-state index contributed by atoms with van der Waals surface area (Å²) < 4.78 is 1.62. The van der Waals surface area contributed by atoms with Crippen molar-refractivity contribution in [3.05, 3.63) is 71.3 Å². The lowest BCUT2D eigenvalue weighted by molar-refractivity contribution is -0.124. The predicted octanol–water partition coefficient (Wildman–Crippen LogP) is 3.45. The van der Waals surface area contributed by atoms with Crippen molar-refractivity contribution in [1.82, 2.24) is 9.55 Å². The Morgan fingerprint density at radius 3 is 2.72 bits per heavy atom. The third-order valence-corrected chi connectivity index (χ3v) is 4.37. The first-order valence-electron chi connectivity index (χ1n) is 8.28. The molecule has 1 N–H and O–H groups in total. The summed E-state index contributed by atoms with van der Waals surface area (Å²) in [7, 11) is 0. The van der Waals surface area contributed by atoms with E-state index in [0.717, 1.165) is 10.9 Å². The average Bonchev–Trinajstić information content (AvgIpc) is 2.61. The fourth-order valence-electron chi connectivity index (χ4n) is 2.66. The van der Waals surface area contributed by atoms with Crippen LogP contribution in [0.2, 0.25) is 0 Å². The number of aryl methyl sites for hydroxylation is 1. The Balaban J connectivity index is 1.75. The Kier molecular flexibility index (Phi) is 4.65. The van der Waals surface area contributed by atoms with Crippen LogP contribution in [-0.2, 0) is 11.3 Å². The Bertz CT molecular complexity index is 955. The lowest BCUT2D eigenvalue weighted by atomic mass is 9.88. The van der Waals surface area contributed by atoms with Crippen LogP contribution in [0.4, 0.5) is 5.69 Å². The minimum Gasteiger partial charge on any atom is -0.324 e. The summed E-state index contributed by atoms with van der Waals surface area (Å²) in [4.78, 5) is 28.9. The van der Waals surface area contributed by atoms with Crippen molar-refractivity contribution >= 4 is 22.5 Å². The van der Waals surface area contributed by atoms with Gasteiger partial charge in [0.25, 0.3) is 0 Å². The minimum absolute atomic E-state index is 0.0584. The number of pyridine rings is 2. The van der Waals surface area contributed by atoms with Crippen LogP contribution in [0.3, 0.4) is 0 Å². The van der Waals surface area contributed by atoms with Gasteiger partial charge in [-0.1, -0.05) is 38.1 Å². The normalized spacial score (nSPS) is 11.4. The summed E-state index contributed by atoms with van der Waals surface area (Å²) in [5, 5.41) is 3.97. The number of nitrogens with one attached hydrogen (secondary N) is 1. The summed E-state index contributed by atoms with van der Waals surface area (Å²) in [5.41, 5.74) is 0.796. The molecule has 3 aromatic rings. The molecule has 0 saturated carbocycles. The van der Waals surface area contributed by atoms with E-state index in [9.17, 15) is 9.59 Å². The molecule has 3 rings (SSSR count). The molecule has 25 heavy (non-hydrogen) atoms. The second-order valence-electron chi connectivity index (χ2n) is 6.70. The Morgan fingerprint density at radius 2 is 1.92 bits per heavy atom. The van der Waals surface area contributed by atoms with Crippen molar-refractivity contribution in [1.29, 1.82) is 0 Å². The van der Waals surface area contributed by atoms with Gasteiger partial charge in [-0.3, -0.25) is 14.6 Å². The molecule has 0 saturated heterocycles. The number of hydrogen-bond acceptors (Lipinski definition) is 3. The number of para-hydroxylation sites is 1. The third-order valence-electron chi connectivity index (χ3n) is 4.37. The lowest BCUT2D eigenvalue weighted by Crippen LogP contribution is -2.33. The van der Waals surface area contributed by atoms with Crippen LogP contribution in [0.5, 0.6) is 0 Å². The molecule has 2 heterocycles. The molecule has 5 nitrogen and oxygen atoms in total. The molecule has 5 heteroatoms. The van der Waals surface area contributed by atoms with Gasteiger partial charge in [-0.25, -0.2) is 0 Å². The van der Waals surface area contributed by atoms with Crippen LogP contribution < -0.4 is 10.9 Å². The zero-order valence-corrected chi connectivity index (χ0v) is 14.4. The Hall–Kier alpha value is -2.95. The predicted molar refractivity (Wildman–Crippen MR) is 99.5 cm³/mol. The van der Waals surface area contributed by atoms with Crippen molar-refractivity contribution in [3.8, 4) is 0 Å². The maximum Gasteiger partial charge on any atom is 0.250 e. The number of carbonyl (C=O) groups is 1. The molecule has 0 spiro atoms. The second-order valence-corrected chi connectivity index (χ2v) is 6.70. The van der Waals surface area contributed by atoms with Gasteiger partial charge in [0.2, 0.25) is 11.5 Å². The van der Waals surface area contributed by atoms with Crippen molar-refractivity contribution < 1.29 is 4.79 Å². The van der Waals surface area contributed by atoms with Crippen molar-refractivity contribution in [2.45, 2.75) is 26.8 Å². The fraction of sp³-hybridized carbons (Fsp3) is 0.250. The molecule has 128 valence electrons. The second kappa shape index (κ2) is 6.89. The van der Waals surface area contributed by atoms with E-state index < -0.39 is 5.41 Å². The number of nitrogens with zero attached hydrogens (tertiary/aromatic N) is 2. The maximum absolute atomic E-state index is 12.8. The molecule has 1 amide bonds. The first-order valence-corrected chi connectivity index (χ1v) is 8.28. The van der Waals surface area contributed by atoms with Gasteiger partial charge in [-0.15, -0.1) is 0 Å².